The minimum absolute atomic E-state index is 0.520. The minimum Gasteiger partial charge on any atom is -0.497 e. The predicted octanol–water partition coefficient (Wildman–Crippen LogP) is 5.48. The Morgan fingerprint density at radius 2 is 1.66 bits per heavy atom. The lowest BCUT2D eigenvalue weighted by molar-refractivity contribution is -0.137. The molecule has 2 aromatic carbocycles. The molecule has 0 fully saturated rings. The average molecular weight is 398 g/mol. The van der Waals surface area contributed by atoms with Gasteiger partial charge in [0.25, 0.3) is 0 Å². The molecule has 0 amide bonds. The molecular weight excluding hydrogens is 381 g/mol. The summed E-state index contributed by atoms with van der Waals surface area (Å²) in [5, 5.41) is 7.73. The summed E-state index contributed by atoms with van der Waals surface area (Å²) in [5.74, 6) is 1.35. The molecule has 0 saturated carbocycles. The molecule has 0 bridgehead atoms. The summed E-state index contributed by atoms with van der Waals surface area (Å²) in [6, 6.07) is 16.0. The quantitative estimate of drug-likeness (QED) is 0.495. The van der Waals surface area contributed by atoms with Gasteiger partial charge in [-0.05, 0) is 55.5 Å². The fourth-order valence-electron chi connectivity index (χ4n) is 2.98. The third-order valence-electron chi connectivity index (χ3n) is 4.43. The highest BCUT2D eigenvalue weighted by Crippen LogP contribution is 2.31. The molecule has 4 aromatic rings. The third-order valence-corrected chi connectivity index (χ3v) is 4.43. The van der Waals surface area contributed by atoms with E-state index >= 15 is 0 Å². The van der Waals surface area contributed by atoms with Gasteiger partial charge >= 0.3 is 6.18 Å². The molecular formula is C21H17F3N4O. The van der Waals surface area contributed by atoms with Crippen LogP contribution >= 0.6 is 0 Å². The molecule has 8 heteroatoms. The second-order valence-electron chi connectivity index (χ2n) is 6.51. The van der Waals surface area contributed by atoms with Crippen LogP contribution in [0.2, 0.25) is 0 Å². The second-order valence-corrected chi connectivity index (χ2v) is 6.51. The Bertz CT molecular complexity index is 1150. The van der Waals surface area contributed by atoms with Crippen LogP contribution in [0, 0.1) is 6.92 Å². The topological polar surface area (TPSA) is 51.5 Å². The lowest BCUT2D eigenvalue weighted by Crippen LogP contribution is -2.05. The molecule has 29 heavy (non-hydrogen) atoms. The van der Waals surface area contributed by atoms with Gasteiger partial charge in [-0.1, -0.05) is 0 Å². The summed E-state index contributed by atoms with van der Waals surface area (Å²) in [7, 11) is 1.60. The van der Waals surface area contributed by atoms with E-state index in [1.807, 2.05) is 37.3 Å². The number of aromatic nitrogens is 3. The van der Waals surface area contributed by atoms with Crippen molar-refractivity contribution in [3.8, 4) is 17.0 Å². The molecule has 0 atom stereocenters. The molecule has 2 aromatic heterocycles. The van der Waals surface area contributed by atoms with Gasteiger partial charge in [-0.2, -0.15) is 22.8 Å². The summed E-state index contributed by atoms with van der Waals surface area (Å²) < 4.78 is 45.1. The highest BCUT2D eigenvalue weighted by Gasteiger charge is 2.29. The van der Waals surface area contributed by atoms with Crippen LogP contribution in [0.1, 0.15) is 11.3 Å². The number of methoxy groups -OCH3 is 1. The van der Waals surface area contributed by atoms with Crippen LogP contribution in [0.3, 0.4) is 0 Å². The third kappa shape index (κ3) is 3.87. The van der Waals surface area contributed by atoms with Gasteiger partial charge in [0, 0.05) is 29.1 Å². The van der Waals surface area contributed by atoms with Gasteiger partial charge in [0.15, 0.2) is 5.65 Å². The van der Waals surface area contributed by atoms with Crippen molar-refractivity contribution in [1.82, 2.24) is 14.6 Å². The van der Waals surface area contributed by atoms with E-state index in [0.717, 1.165) is 34.8 Å². The number of hydrogen-bond donors (Lipinski definition) is 1. The van der Waals surface area contributed by atoms with E-state index in [0.29, 0.717) is 17.2 Å². The maximum absolute atomic E-state index is 12.8. The van der Waals surface area contributed by atoms with Gasteiger partial charge in [-0.3, -0.25) is 0 Å². The molecule has 0 radical (unpaired) electrons. The van der Waals surface area contributed by atoms with Crippen molar-refractivity contribution in [3.63, 3.8) is 0 Å². The van der Waals surface area contributed by atoms with Crippen molar-refractivity contribution in [2.24, 2.45) is 0 Å². The number of ether oxygens (including phenoxy) is 1. The van der Waals surface area contributed by atoms with Crippen molar-refractivity contribution in [3.05, 3.63) is 71.9 Å². The number of fused-ring (bicyclic) bond motifs is 1. The molecule has 4 rings (SSSR count). The molecule has 0 spiro atoms. The first kappa shape index (κ1) is 18.8. The summed E-state index contributed by atoms with van der Waals surface area (Å²) in [6.45, 7) is 1.85. The van der Waals surface area contributed by atoms with E-state index in [9.17, 15) is 13.2 Å². The number of halogens is 3. The normalized spacial score (nSPS) is 11.6. The van der Waals surface area contributed by atoms with Crippen molar-refractivity contribution < 1.29 is 17.9 Å². The van der Waals surface area contributed by atoms with Crippen LogP contribution in [0.25, 0.3) is 16.9 Å². The number of nitrogens with zero attached hydrogens (tertiary/aromatic N) is 3. The van der Waals surface area contributed by atoms with Gasteiger partial charge in [-0.25, -0.2) is 4.98 Å². The monoisotopic (exact) mass is 398 g/mol. The molecule has 148 valence electrons. The van der Waals surface area contributed by atoms with Crippen LogP contribution in [0.15, 0.2) is 60.7 Å². The molecule has 2 heterocycles. The Morgan fingerprint density at radius 3 is 2.28 bits per heavy atom. The summed E-state index contributed by atoms with van der Waals surface area (Å²) >= 11 is 0. The largest absolute Gasteiger partial charge is 0.497 e. The van der Waals surface area contributed by atoms with Crippen LogP contribution in [-0.4, -0.2) is 21.7 Å². The highest BCUT2D eigenvalue weighted by molar-refractivity contribution is 5.68. The first-order valence-electron chi connectivity index (χ1n) is 8.79. The van der Waals surface area contributed by atoms with Crippen LogP contribution in [0.4, 0.5) is 24.7 Å². The fourth-order valence-corrected chi connectivity index (χ4v) is 2.98. The number of anilines is 2. The van der Waals surface area contributed by atoms with E-state index in [-0.39, 0.29) is 0 Å². The molecule has 0 aliphatic rings. The van der Waals surface area contributed by atoms with Crippen molar-refractivity contribution in [2.75, 3.05) is 12.4 Å². The van der Waals surface area contributed by atoms with E-state index in [2.05, 4.69) is 15.4 Å². The van der Waals surface area contributed by atoms with Crippen LogP contribution in [-0.2, 0) is 6.18 Å². The Morgan fingerprint density at radius 1 is 0.966 bits per heavy atom. The molecule has 0 aliphatic carbocycles. The number of rotatable bonds is 4. The number of benzene rings is 2. The molecule has 5 nitrogen and oxygen atoms in total. The zero-order valence-corrected chi connectivity index (χ0v) is 15.7. The second kappa shape index (κ2) is 7.12. The summed E-state index contributed by atoms with van der Waals surface area (Å²) in [6.07, 6.45) is -4.37. The average Bonchev–Trinajstić information content (AvgIpc) is 3.12. The fraction of sp³-hybridized carbons (Fsp3) is 0.143. The van der Waals surface area contributed by atoms with Gasteiger partial charge in [0.2, 0.25) is 0 Å². The van der Waals surface area contributed by atoms with Crippen LogP contribution in [0.5, 0.6) is 5.75 Å². The molecule has 0 aliphatic heterocycles. The number of alkyl halides is 3. The van der Waals surface area contributed by atoms with E-state index in [1.54, 1.807) is 17.7 Å². The maximum Gasteiger partial charge on any atom is 0.416 e. The number of hydrogen-bond acceptors (Lipinski definition) is 4. The van der Waals surface area contributed by atoms with Crippen molar-refractivity contribution in [2.45, 2.75) is 13.1 Å². The smallest absolute Gasteiger partial charge is 0.416 e. The zero-order valence-electron chi connectivity index (χ0n) is 15.7. The summed E-state index contributed by atoms with van der Waals surface area (Å²) in [5.41, 5.74) is 2.83. The zero-order chi connectivity index (χ0) is 20.6. The number of aryl methyl sites for hydroxylation is 1. The molecule has 0 saturated heterocycles. The van der Waals surface area contributed by atoms with E-state index in [4.69, 9.17) is 4.74 Å². The van der Waals surface area contributed by atoms with Gasteiger partial charge in [0.1, 0.15) is 11.6 Å². The van der Waals surface area contributed by atoms with Gasteiger partial charge in [0.05, 0.1) is 18.4 Å². The highest BCUT2D eigenvalue weighted by atomic mass is 19.4. The minimum atomic E-state index is -4.37. The Kier molecular flexibility index (Phi) is 4.62. The standard InChI is InChI=1S/C21H17F3N4O/c1-13-11-19(26-16-7-5-15(6-8-16)21(22,23)24)28-20(25-13)12-18(27-28)14-3-9-17(29-2)10-4-14/h3-12,26H,1-2H3. The van der Waals surface area contributed by atoms with Crippen molar-refractivity contribution >= 4 is 17.2 Å². The maximum atomic E-state index is 12.8. The predicted molar refractivity (Wildman–Crippen MR) is 104 cm³/mol. The van der Waals surface area contributed by atoms with Gasteiger partial charge in [-0.15, -0.1) is 0 Å². The lowest BCUT2D eigenvalue weighted by atomic mass is 10.1. The van der Waals surface area contributed by atoms with E-state index < -0.39 is 11.7 Å². The first-order chi connectivity index (χ1) is 13.8. The Balaban J connectivity index is 1.69. The first-order valence-corrected chi connectivity index (χ1v) is 8.79. The van der Waals surface area contributed by atoms with Gasteiger partial charge < -0.3 is 10.1 Å². The van der Waals surface area contributed by atoms with Crippen LogP contribution < -0.4 is 10.1 Å². The Labute approximate surface area is 164 Å². The SMILES string of the molecule is COc1ccc(-c2cc3nc(C)cc(Nc4ccc(C(F)(F)F)cc4)n3n2)cc1. The molecule has 1 N–H and O–H groups in total. The molecule has 0 unspecified atom stereocenters. The Hall–Kier alpha value is -3.55. The number of nitrogens with one attached hydrogen (secondary N) is 1. The summed E-state index contributed by atoms with van der Waals surface area (Å²) in [4.78, 5) is 4.49. The van der Waals surface area contributed by atoms with Crippen molar-refractivity contribution in [1.29, 1.82) is 0 Å². The lowest BCUT2D eigenvalue weighted by Gasteiger charge is -2.11. The van der Waals surface area contributed by atoms with E-state index in [1.165, 1.54) is 12.1 Å².